The van der Waals surface area contributed by atoms with Gasteiger partial charge < -0.3 is 4.74 Å². The molecule has 0 aliphatic carbocycles. The van der Waals surface area contributed by atoms with Gasteiger partial charge in [0.15, 0.2) is 0 Å². The number of ether oxygens (including phenoxy) is 1. The topological polar surface area (TPSA) is 39.2 Å². The second kappa shape index (κ2) is 4.69. The van der Waals surface area contributed by atoms with E-state index in [4.69, 9.17) is 4.74 Å². The number of benzene rings is 2. The highest BCUT2D eigenvalue weighted by Gasteiger charge is 2.09. The Labute approximate surface area is 110 Å². The lowest BCUT2D eigenvalue weighted by atomic mass is 10.0. The molecule has 0 atom stereocenters. The van der Waals surface area contributed by atoms with E-state index < -0.39 is 0 Å². The predicted octanol–water partition coefficient (Wildman–Crippen LogP) is 3.56. The third-order valence-electron chi connectivity index (χ3n) is 3.10. The lowest BCUT2D eigenvalue weighted by molar-refractivity contribution is 0.0526. The Hall–Kier alpha value is -2.42. The molecule has 0 saturated carbocycles. The lowest BCUT2D eigenvalue weighted by Gasteiger charge is -2.06. The second-order valence-electron chi connectivity index (χ2n) is 4.30. The molecule has 2 aromatic carbocycles. The fourth-order valence-corrected chi connectivity index (χ4v) is 2.21. The minimum atomic E-state index is -0.329. The molecule has 3 nitrogen and oxygen atoms in total. The standard InChI is InChI=1S/C16H13NO2/c1-2-19-16(18)12-9-14-13-6-4-3-5-11(13)7-8-15(14)17-10-12/h3-10H,2H2,1H3. The van der Waals surface area contributed by atoms with Gasteiger partial charge in [0.2, 0.25) is 0 Å². The zero-order valence-electron chi connectivity index (χ0n) is 10.6. The first-order chi connectivity index (χ1) is 9.29. The van der Waals surface area contributed by atoms with Crippen LogP contribution >= 0.6 is 0 Å². The SMILES string of the molecule is CCOC(=O)c1cnc2ccc3ccccc3c2c1. The van der Waals surface area contributed by atoms with Gasteiger partial charge >= 0.3 is 5.97 Å². The zero-order chi connectivity index (χ0) is 13.2. The molecule has 0 spiro atoms. The number of aromatic nitrogens is 1. The van der Waals surface area contributed by atoms with Crippen LogP contribution in [0, 0.1) is 0 Å². The van der Waals surface area contributed by atoms with Gasteiger partial charge in [-0.3, -0.25) is 4.98 Å². The molecule has 3 rings (SSSR count). The van der Waals surface area contributed by atoms with E-state index in [2.05, 4.69) is 4.98 Å². The van der Waals surface area contributed by atoms with Crippen LogP contribution in [0.25, 0.3) is 21.7 Å². The van der Waals surface area contributed by atoms with Crippen molar-refractivity contribution in [2.45, 2.75) is 6.92 Å². The van der Waals surface area contributed by atoms with E-state index >= 15 is 0 Å². The van der Waals surface area contributed by atoms with Crippen LogP contribution in [0.4, 0.5) is 0 Å². The maximum Gasteiger partial charge on any atom is 0.339 e. The van der Waals surface area contributed by atoms with Crippen molar-refractivity contribution >= 4 is 27.6 Å². The predicted molar refractivity (Wildman–Crippen MR) is 75.2 cm³/mol. The molecule has 0 amide bonds. The highest BCUT2D eigenvalue weighted by molar-refractivity contribution is 6.08. The molecular weight excluding hydrogens is 238 g/mol. The van der Waals surface area contributed by atoms with Crippen molar-refractivity contribution in [1.29, 1.82) is 0 Å². The van der Waals surface area contributed by atoms with Crippen LogP contribution in [-0.2, 0) is 4.74 Å². The summed E-state index contributed by atoms with van der Waals surface area (Å²) in [6, 6.07) is 13.9. The van der Waals surface area contributed by atoms with Gasteiger partial charge in [-0.05, 0) is 29.8 Å². The van der Waals surface area contributed by atoms with E-state index in [1.54, 1.807) is 13.1 Å². The van der Waals surface area contributed by atoms with Crippen LogP contribution in [0.2, 0.25) is 0 Å². The number of hydrogen-bond acceptors (Lipinski definition) is 3. The maximum absolute atomic E-state index is 11.8. The van der Waals surface area contributed by atoms with Gasteiger partial charge in [-0.2, -0.15) is 0 Å². The van der Waals surface area contributed by atoms with Crippen molar-refractivity contribution in [3.8, 4) is 0 Å². The van der Waals surface area contributed by atoms with E-state index in [0.29, 0.717) is 12.2 Å². The Morgan fingerprint density at radius 1 is 1.16 bits per heavy atom. The van der Waals surface area contributed by atoms with Crippen molar-refractivity contribution in [3.63, 3.8) is 0 Å². The summed E-state index contributed by atoms with van der Waals surface area (Å²) in [5.74, 6) is -0.329. The molecule has 1 aromatic heterocycles. The average molecular weight is 251 g/mol. The number of nitrogens with zero attached hydrogens (tertiary/aromatic N) is 1. The number of hydrogen-bond donors (Lipinski definition) is 0. The minimum absolute atomic E-state index is 0.329. The smallest absolute Gasteiger partial charge is 0.339 e. The van der Waals surface area contributed by atoms with Gasteiger partial charge in [0.1, 0.15) is 0 Å². The van der Waals surface area contributed by atoms with Gasteiger partial charge in [-0.25, -0.2) is 4.79 Å². The molecule has 0 unspecified atom stereocenters. The van der Waals surface area contributed by atoms with Crippen LogP contribution in [0.5, 0.6) is 0 Å². The fraction of sp³-hybridized carbons (Fsp3) is 0.125. The summed E-state index contributed by atoms with van der Waals surface area (Å²) in [5, 5.41) is 3.21. The molecule has 0 bridgehead atoms. The quantitative estimate of drug-likeness (QED) is 0.516. The first kappa shape index (κ1) is 11.7. The van der Waals surface area contributed by atoms with E-state index in [9.17, 15) is 4.79 Å². The number of carbonyl (C=O) groups is 1. The molecule has 0 aliphatic heterocycles. The molecule has 0 N–H and O–H groups in total. The van der Waals surface area contributed by atoms with E-state index in [-0.39, 0.29) is 5.97 Å². The van der Waals surface area contributed by atoms with Gasteiger partial charge in [0.25, 0.3) is 0 Å². The third-order valence-corrected chi connectivity index (χ3v) is 3.10. The van der Waals surface area contributed by atoms with Crippen LogP contribution in [0.15, 0.2) is 48.7 Å². The summed E-state index contributed by atoms with van der Waals surface area (Å²) < 4.78 is 5.01. The summed E-state index contributed by atoms with van der Waals surface area (Å²) in [7, 11) is 0. The molecule has 0 aliphatic rings. The van der Waals surface area contributed by atoms with Crippen molar-refractivity contribution in [3.05, 3.63) is 54.2 Å². The summed E-state index contributed by atoms with van der Waals surface area (Å²) >= 11 is 0. The van der Waals surface area contributed by atoms with Crippen LogP contribution in [0.3, 0.4) is 0 Å². The molecule has 3 aromatic rings. The van der Waals surface area contributed by atoms with Gasteiger partial charge in [0.05, 0.1) is 17.7 Å². The summed E-state index contributed by atoms with van der Waals surface area (Å²) in [5.41, 5.74) is 1.37. The molecule has 0 saturated heterocycles. The zero-order valence-corrected chi connectivity index (χ0v) is 10.6. The fourth-order valence-electron chi connectivity index (χ4n) is 2.21. The molecule has 0 radical (unpaired) electrons. The molecular formula is C16H13NO2. The highest BCUT2D eigenvalue weighted by atomic mass is 16.5. The number of rotatable bonds is 2. The Morgan fingerprint density at radius 2 is 2.00 bits per heavy atom. The summed E-state index contributed by atoms with van der Waals surface area (Å²) in [6.07, 6.45) is 1.56. The second-order valence-corrected chi connectivity index (χ2v) is 4.30. The van der Waals surface area contributed by atoms with Gasteiger partial charge in [0, 0.05) is 11.6 Å². The van der Waals surface area contributed by atoms with Crippen molar-refractivity contribution in [1.82, 2.24) is 4.98 Å². The Morgan fingerprint density at radius 3 is 2.84 bits per heavy atom. The minimum Gasteiger partial charge on any atom is -0.462 e. The summed E-state index contributed by atoms with van der Waals surface area (Å²) in [4.78, 5) is 16.1. The first-order valence-electron chi connectivity index (χ1n) is 6.24. The van der Waals surface area contributed by atoms with E-state index in [0.717, 1.165) is 21.7 Å². The molecule has 94 valence electrons. The highest BCUT2D eigenvalue weighted by Crippen LogP contribution is 2.24. The number of carbonyl (C=O) groups excluding carboxylic acids is 1. The normalized spacial score (nSPS) is 10.8. The average Bonchev–Trinajstić information content (AvgIpc) is 2.47. The molecule has 19 heavy (non-hydrogen) atoms. The number of pyridine rings is 1. The largest absolute Gasteiger partial charge is 0.462 e. The maximum atomic E-state index is 11.8. The van der Waals surface area contributed by atoms with Crippen LogP contribution in [-0.4, -0.2) is 17.6 Å². The monoisotopic (exact) mass is 251 g/mol. The van der Waals surface area contributed by atoms with E-state index in [1.807, 2.05) is 42.5 Å². The lowest BCUT2D eigenvalue weighted by Crippen LogP contribution is -2.05. The Kier molecular flexibility index (Phi) is 2.88. The van der Waals surface area contributed by atoms with Crippen LogP contribution < -0.4 is 0 Å². The molecule has 3 heteroatoms. The Bertz CT molecular complexity index is 765. The third kappa shape index (κ3) is 2.03. The van der Waals surface area contributed by atoms with Crippen molar-refractivity contribution in [2.75, 3.05) is 6.61 Å². The Balaban J connectivity index is 2.25. The van der Waals surface area contributed by atoms with Crippen LogP contribution in [0.1, 0.15) is 17.3 Å². The van der Waals surface area contributed by atoms with Crippen molar-refractivity contribution in [2.24, 2.45) is 0 Å². The summed E-state index contributed by atoms with van der Waals surface area (Å²) in [6.45, 7) is 2.16. The molecule has 0 fully saturated rings. The first-order valence-corrected chi connectivity index (χ1v) is 6.24. The van der Waals surface area contributed by atoms with Crippen molar-refractivity contribution < 1.29 is 9.53 Å². The van der Waals surface area contributed by atoms with E-state index in [1.165, 1.54) is 0 Å². The van der Waals surface area contributed by atoms with Gasteiger partial charge in [-0.1, -0.05) is 30.3 Å². The number of esters is 1. The number of fused-ring (bicyclic) bond motifs is 3. The molecule has 1 heterocycles. The van der Waals surface area contributed by atoms with Gasteiger partial charge in [-0.15, -0.1) is 0 Å².